The van der Waals surface area contributed by atoms with E-state index >= 15 is 0 Å². The van der Waals surface area contributed by atoms with E-state index in [9.17, 15) is 0 Å². The van der Waals surface area contributed by atoms with Crippen LogP contribution >= 0.6 is 0 Å². The van der Waals surface area contributed by atoms with Gasteiger partial charge in [-0.1, -0.05) is 62.4 Å². The minimum atomic E-state index is 0. The van der Waals surface area contributed by atoms with Gasteiger partial charge in [0, 0.05) is 24.0 Å². The van der Waals surface area contributed by atoms with E-state index in [2.05, 4.69) is 85.8 Å². The average molecular weight is 437 g/mol. The average Bonchev–Trinajstić information content (AvgIpc) is 3.52. The number of hydrogen-bond acceptors (Lipinski definition) is 5. The van der Waals surface area contributed by atoms with Gasteiger partial charge in [-0.3, -0.25) is 15.0 Å². The zero-order chi connectivity index (χ0) is 20.5. The molecule has 0 unspecified atom stereocenters. The minimum absolute atomic E-state index is 0. The Hall–Kier alpha value is -2.17. The first-order valence-corrected chi connectivity index (χ1v) is 10.1. The molecule has 0 N–H and O–H groups in total. The van der Waals surface area contributed by atoms with Crippen molar-refractivity contribution in [2.45, 2.75) is 33.2 Å². The number of benzene rings is 2. The maximum atomic E-state index is 4.66. The van der Waals surface area contributed by atoms with Crippen molar-refractivity contribution in [3.63, 3.8) is 0 Å². The molecular weight excluding hydrogens is 415 g/mol. The molecule has 9 heteroatoms. The van der Waals surface area contributed by atoms with Gasteiger partial charge in [0.15, 0.2) is 11.5 Å². The van der Waals surface area contributed by atoms with Crippen molar-refractivity contribution in [1.29, 1.82) is 0 Å². The first kappa shape index (κ1) is 22.0. The number of hydrogen-bond donors (Lipinski definition) is 0. The molecule has 3 heterocycles. The van der Waals surface area contributed by atoms with Gasteiger partial charge in [-0.05, 0) is 28.7 Å². The van der Waals surface area contributed by atoms with Crippen LogP contribution in [-0.4, -0.2) is 34.9 Å². The van der Waals surface area contributed by atoms with Crippen molar-refractivity contribution in [3.8, 4) is 22.5 Å². The van der Waals surface area contributed by atoms with Gasteiger partial charge in [-0.15, -0.1) is 5.10 Å². The van der Waals surface area contributed by atoms with Crippen LogP contribution in [0.4, 0.5) is 0 Å². The first-order chi connectivity index (χ1) is 14.8. The van der Waals surface area contributed by atoms with Gasteiger partial charge in [0.2, 0.25) is 0 Å². The summed E-state index contributed by atoms with van der Waals surface area (Å²) in [6.45, 7) is 4.95. The number of nitrogens with zero attached hydrogens (tertiary/aromatic N) is 8. The first-order valence-electron chi connectivity index (χ1n) is 10.1. The van der Waals surface area contributed by atoms with E-state index in [4.69, 9.17) is 0 Å². The molecule has 0 spiro atoms. The largest absolute Gasteiger partial charge is 1.00 e. The monoisotopic (exact) mass is 436 g/mol. The molecule has 5 rings (SSSR count). The Morgan fingerprint density at radius 1 is 0.935 bits per heavy atom. The smallest absolute Gasteiger partial charge is 0.330 e. The molecule has 0 radical (unpaired) electrons. The summed E-state index contributed by atoms with van der Waals surface area (Å²) in [5.74, 6) is 1.41. The molecule has 0 aliphatic heterocycles. The van der Waals surface area contributed by atoms with E-state index in [1.165, 1.54) is 11.1 Å². The van der Waals surface area contributed by atoms with Crippen molar-refractivity contribution in [1.82, 2.24) is 40.0 Å². The summed E-state index contributed by atoms with van der Waals surface area (Å²) in [6, 6.07) is 16.6. The van der Waals surface area contributed by atoms with Gasteiger partial charge in [-0.25, -0.2) is 4.98 Å². The molecule has 2 aromatic carbocycles. The Kier molecular flexibility index (Phi) is 6.78. The Morgan fingerprint density at radius 2 is 1.71 bits per heavy atom. The summed E-state index contributed by atoms with van der Waals surface area (Å²) in [5, 5.41) is 19.9. The molecule has 8 nitrogen and oxygen atoms in total. The molecule has 5 aromatic rings. The van der Waals surface area contributed by atoms with Gasteiger partial charge in [0.25, 0.3) is 0 Å². The second-order valence-corrected chi connectivity index (χ2v) is 7.15. The Bertz CT molecular complexity index is 1290. The normalized spacial score (nSPS) is 11.0. The molecule has 0 saturated carbocycles. The number of rotatable bonds is 6. The molecule has 3 aromatic heterocycles. The fourth-order valence-corrected chi connectivity index (χ4v) is 3.69. The van der Waals surface area contributed by atoms with E-state index < -0.39 is 0 Å². The second kappa shape index (κ2) is 9.54. The molecule has 0 bridgehead atoms. The van der Waals surface area contributed by atoms with Crippen LogP contribution in [0.3, 0.4) is 0 Å². The molecule has 0 fully saturated rings. The summed E-state index contributed by atoms with van der Waals surface area (Å²) in [4.78, 5) is 4.66. The summed E-state index contributed by atoms with van der Waals surface area (Å²) in [7, 11) is 0. The van der Waals surface area contributed by atoms with Gasteiger partial charge < -0.3 is 5.10 Å². The molecular formula is C22H21KN8. The van der Waals surface area contributed by atoms with Gasteiger partial charge in [-0.2, -0.15) is 9.84 Å². The Labute approximate surface area is 222 Å². The Morgan fingerprint density at radius 3 is 2.39 bits per heavy atom. The van der Waals surface area contributed by atoms with Crippen LogP contribution in [0, 0.1) is 0 Å². The van der Waals surface area contributed by atoms with E-state index in [0.29, 0.717) is 5.82 Å². The van der Waals surface area contributed by atoms with E-state index in [0.717, 1.165) is 47.5 Å². The van der Waals surface area contributed by atoms with E-state index in [1.54, 1.807) is 0 Å². The number of aromatic nitrogens is 8. The topological polar surface area (TPSA) is 87.9 Å². The van der Waals surface area contributed by atoms with E-state index in [1.807, 2.05) is 22.8 Å². The van der Waals surface area contributed by atoms with Crippen molar-refractivity contribution >= 4 is 5.65 Å². The summed E-state index contributed by atoms with van der Waals surface area (Å²) in [5.41, 5.74) is 6.43. The SMILES string of the molecule is CCc1nc2c(CC)cn(Cc3ccc(-c4ccccc4-c4nnn[n-]4)cc3)n2n1.[K+]. The predicted molar refractivity (Wildman–Crippen MR) is 113 cm³/mol. The molecule has 31 heavy (non-hydrogen) atoms. The fraction of sp³-hybridized carbons (Fsp3) is 0.227. The fourth-order valence-electron chi connectivity index (χ4n) is 3.69. The second-order valence-electron chi connectivity index (χ2n) is 7.15. The maximum absolute atomic E-state index is 4.66. The van der Waals surface area contributed by atoms with Crippen LogP contribution in [0.1, 0.15) is 30.8 Å². The van der Waals surface area contributed by atoms with Gasteiger partial charge >= 0.3 is 51.4 Å². The van der Waals surface area contributed by atoms with Crippen molar-refractivity contribution < 1.29 is 51.4 Å². The van der Waals surface area contributed by atoms with Crippen LogP contribution in [0.15, 0.2) is 54.7 Å². The number of aryl methyl sites for hydroxylation is 2. The van der Waals surface area contributed by atoms with Crippen LogP contribution in [0.25, 0.3) is 28.2 Å². The molecule has 0 atom stereocenters. The number of fused-ring (bicyclic) bond motifs is 1. The van der Waals surface area contributed by atoms with Crippen molar-refractivity contribution in [2.24, 2.45) is 0 Å². The third-order valence-electron chi connectivity index (χ3n) is 5.26. The third-order valence-corrected chi connectivity index (χ3v) is 5.26. The molecule has 150 valence electrons. The minimum Gasteiger partial charge on any atom is -0.330 e. The zero-order valence-corrected chi connectivity index (χ0v) is 21.0. The standard InChI is InChI=1S/C22H21N8.K/c1-3-16-14-29(30-22(16)23-20(4-2)26-30)13-15-9-11-17(12-10-15)18-7-5-6-8-19(18)21-24-27-28-25-21;/h5-12,14H,3-4,13H2,1-2H3;/q-1;+1. The molecule has 0 aliphatic rings. The summed E-state index contributed by atoms with van der Waals surface area (Å²) in [6.07, 6.45) is 3.91. The van der Waals surface area contributed by atoms with Gasteiger partial charge in [0.1, 0.15) is 0 Å². The zero-order valence-electron chi connectivity index (χ0n) is 17.9. The Balaban J connectivity index is 0.00000231. The summed E-state index contributed by atoms with van der Waals surface area (Å²) >= 11 is 0. The van der Waals surface area contributed by atoms with E-state index in [-0.39, 0.29) is 51.4 Å². The molecule has 0 saturated heterocycles. The van der Waals surface area contributed by atoms with Crippen LogP contribution in [0.5, 0.6) is 0 Å². The number of tetrazole rings is 1. The van der Waals surface area contributed by atoms with Crippen LogP contribution in [-0.2, 0) is 19.4 Å². The van der Waals surface area contributed by atoms with Crippen LogP contribution in [0.2, 0.25) is 0 Å². The maximum Gasteiger partial charge on any atom is 1.00 e. The van der Waals surface area contributed by atoms with Crippen LogP contribution < -0.4 is 56.5 Å². The predicted octanol–water partition coefficient (Wildman–Crippen LogP) is 0.184. The van der Waals surface area contributed by atoms with Crippen molar-refractivity contribution in [2.75, 3.05) is 0 Å². The van der Waals surface area contributed by atoms with Gasteiger partial charge in [0.05, 0.1) is 6.54 Å². The third kappa shape index (κ3) is 4.28. The summed E-state index contributed by atoms with van der Waals surface area (Å²) < 4.78 is 4.05. The molecule has 0 aliphatic carbocycles. The van der Waals surface area contributed by atoms with Crippen molar-refractivity contribution in [3.05, 3.63) is 71.7 Å². The quantitative estimate of drug-likeness (QED) is 0.353. The molecule has 0 amide bonds.